The molecule has 2 aliphatic rings. The van der Waals surface area contributed by atoms with E-state index in [1.54, 1.807) is 11.3 Å². The van der Waals surface area contributed by atoms with E-state index in [0.717, 1.165) is 52.0 Å². The first-order valence-corrected chi connectivity index (χ1v) is 10.1. The first kappa shape index (κ1) is 16.1. The summed E-state index contributed by atoms with van der Waals surface area (Å²) in [6.07, 6.45) is 6.35. The molecule has 2 amide bonds. The molecule has 122 valence electrons. The van der Waals surface area contributed by atoms with E-state index >= 15 is 0 Å². The highest BCUT2D eigenvalue weighted by Crippen LogP contribution is 2.35. The van der Waals surface area contributed by atoms with Crippen LogP contribution < -0.4 is 5.32 Å². The minimum Gasteiger partial charge on any atom is -0.381 e. The van der Waals surface area contributed by atoms with Gasteiger partial charge in [0.1, 0.15) is 0 Å². The number of thiophene rings is 1. The lowest BCUT2D eigenvalue weighted by Crippen LogP contribution is -2.48. The van der Waals surface area contributed by atoms with Crippen LogP contribution in [-0.2, 0) is 4.74 Å². The van der Waals surface area contributed by atoms with Crippen LogP contribution >= 0.6 is 23.1 Å². The van der Waals surface area contributed by atoms with Crippen LogP contribution in [0, 0.1) is 0 Å². The molecule has 4 nitrogen and oxygen atoms in total. The monoisotopic (exact) mass is 340 g/mol. The average molecular weight is 341 g/mol. The molecule has 1 N–H and O–H groups in total. The zero-order valence-corrected chi connectivity index (χ0v) is 14.7. The van der Waals surface area contributed by atoms with Gasteiger partial charge in [-0.2, -0.15) is 11.8 Å². The molecule has 2 fully saturated rings. The second-order valence-electron chi connectivity index (χ2n) is 6.03. The Kier molecular flexibility index (Phi) is 5.31. The number of thioether (sulfide) groups is 1. The minimum absolute atomic E-state index is 0.0933. The van der Waals surface area contributed by atoms with Gasteiger partial charge in [0.2, 0.25) is 0 Å². The summed E-state index contributed by atoms with van der Waals surface area (Å²) in [4.78, 5) is 15.9. The van der Waals surface area contributed by atoms with E-state index in [1.807, 2.05) is 16.7 Å². The largest absolute Gasteiger partial charge is 0.381 e. The number of rotatable bonds is 4. The maximum absolute atomic E-state index is 12.6. The van der Waals surface area contributed by atoms with Crippen molar-refractivity contribution in [1.82, 2.24) is 10.2 Å². The molecule has 0 aromatic carbocycles. The number of ether oxygens (including phenoxy) is 1. The van der Waals surface area contributed by atoms with Gasteiger partial charge >= 0.3 is 6.03 Å². The molecule has 2 saturated heterocycles. The second kappa shape index (κ2) is 7.23. The van der Waals surface area contributed by atoms with E-state index in [0.29, 0.717) is 0 Å². The quantitative estimate of drug-likeness (QED) is 0.912. The summed E-state index contributed by atoms with van der Waals surface area (Å²) in [6.45, 7) is 3.21. The molecule has 0 aliphatic carbocycles. The summed E-state index contributed by atoms with van der Waals surface area (Å²) < 4.78 is 5.61. The van der Waals surface area contributed by atoms with Crippen LogP contribution in [0.15, 0.2) is 17.5 Å². The number of likely N-dealkylation sites (tertiary alicyclic amines) is 1. The van der Waals surface area contributed by atoms with E-state index in [9.17, 15) is 4.79 Å². The van der Waals surface area contributed by atoms with Crippen LogP contribution in [-0.4, -0.2) is 48.2 Å². The van der Waals surface area contributed by atoms with Crippen molar-refractivity contribution < 1.29 is 9.53 Å². The Morgan fingerprint density at radius 3 is 3.05 bits per heavy atom. The van der Waals surface area contributed by atoms with Crippen LogP contribution in [0.2, 0.25) is 0 Å². The van der Waals surface area contributed by atoms with Gasteiger partial charge in [0, 0.05) is 35.9 Å². The molecule has 0 saturated carbocycles. The number of urea groups is 1. The van der Waals surface area contributed by atoms with Gasteiger partial charge < -0.3 is 15.0 Å². The molecule has 0 spiro atoms. The number of nitrogens with one attached hydrogen (secondary N) is 1. The fourth-order valence-corrected chi connectivity index (χ4v) is 4.99. The Labute approximate surface area is 140 Å². The molecular weight excluding hydrogens is 316 g/mol. The molecule has 1 aromatic heterocycles. The van der Waals surface area contributed by atoms with Crippen molar-refractivity contribution in [3.63, 3.8) is 0 Å². The third kappa shape index (κ3) is 3.44. The molecular formula is C16H24N2O2S2. The third-order valence-electron chi connectivity index (χ3n) is 4.78. The number of carbonyl (C=O) groups excluding carboxylic acids is 1. The molecule has 0 bridgehead atoms. The number of hydrogen-bond acceptors (Lipinski definition) is 4. The van der Waals surface area contributed by atoms with E-state index in [1.165, 1.54) is 4.88 Å². The molecule has 0 radical (unpaired) electrons. The SMILES string of the molecule is CSC1(CNC(=O)N2CCC[C@@H]2c2cccs2)CCOCC1. The molecule has 0 unspecified atom stereocenters. The van der Waals surface area contributed by atoms with Crippen LogP contribution in [0.5, 0.6) is 0 Å². The molecule has 6 heteroatoms. The van der Waals surface area contributed by atoms with Gasteiger partial charge in [0.15, 0.2) is 0 Å². The number of amides is 2. The number of hydrogen-bond donors (Lipinski definition) is 1. The first-order valence-electron chi connectivity index (χ1n) is 7.95. The van der Waals surface area contributed by atoms with E-state index in [-0.39, 0.29) is 16.8 Å². The second-order valence-corrected chi connectivity index (χ2v) is 8.28. The van der Waals surface area contributed by atoms with Gasteiger partial charge in [0.05, 0.1) is 6.04 Å². The predicted molar refractivity (Wildman–Crippen MR) is 92.7 cm³/mol. The Balaban J connectivity index is 1.59. The lowest BCUT2D eigenvalue weighted by Gasteiger charge is -2.36. The Morgan fingerprint density at radius 2 is 2.36 bits per heavy atom. The Hall–Kier alpha value is -0.720. The van der Waals surface area contributed by atoms with Crippen LogP contribution in [0.25, 0.3) is 0 Å². The maximum Gasteiger partial charge on any atom is 0.317 e. The number of nitrogens with zero attached hydrogens (tertiary/aromatic N) is 1. The summed E-state index contributed by atoms with van der Waals surface area (Å²) in [7, 11) is 0. The van der Waals surface area contributed by atoms with Crippen molar-refractivity contribution in [2.75, 3.05) is 32.6 Å². The van der Waals surface area contributed by atoms with Crippen LogP contribution in [0.3, 0.4) is 0 Å². The number of carbonyl (C=O) groups is 1. The van der Waals surface area contributed by atoms with Crippen molar-refractivity contribution >= 4 is 29.1 Å². The minimum atomic E-state index is 0.0933. The van der Waals surface area contributed by atoms with Crippen LogP contribution in [0.4, 0.5) is 4.79 Å². The van der Waals surface area contributed by atoms with Crippen molar-refractivity contribution in [3.8, 4) is 0 Å². The lowest BCUT2D eigenvalue weighted by molar-refractivity contribution is 0.0771. The fourth-order valence-electron chi connectivity index (χ4n) is 3.32. The molecule has 1 aromatic rings. The maximum atomic E-state index is 12.6. The normalized spacial score (nSPS) is 24.4. The smallest absolute Gasteiger partial charge is 0.317 e. The van der Waals surface area contributed by atoms with Crippen molar-refractivity contribution in [2.24, 2.45) is 0 Å². The molecule has 3 rings (SSSR count). The van der Waals surface area contributed by atoms with Gasteiger partial charge in [-0.25, -0.2) is 4.79 Å². The summed E-state index contributed by atoms with van der Waals surface area (Å²) in [5, 5.41) is 5.28. The third-order valence-corrected chi connectivity index (χ3v) is 7.18. The van der Waals surface area contributed by atoms with Gasteiger partial charge in [-0.3, -0.25) is 0 Å². The highest BCUT2D eigenvalue weighted by molar-refractivity contribution is 8.00. The van der Waals surface area contributed by atoms with Crippen molar-refractivity contribution in [1.29, 1.82) is 0 Å². The molecule has 1 atom stereocenters. The first-order chi connectivity index (χ1) is 10.7. The van der Waals surface area contributed by atoms with Gasteiger partial charge in [-0.15, -0.1) is 11.3 Å². The predicted octanol–water partition coefficient (Wildman–Crippen LogP) is 3.51. The average Bonchev–Trinajstić information content (AvgIpc) is 3.24. The van der Waals surface area contributed by atoms with E-state index in [2.05, 4.69) is 29.1 Å². The summed E-state index contributed by atoms with van der Waals surface area (Å²) in [6, 6.07) is 4.57. The van der Waals surface area contributed by atoms with Gasteiger partial charge in [0.25, 0.3) is 0 Å². The van der Waals surface area contributed by atoms with E-state index < -0.39 is 0 Å². The van der Waals surface area contributed by atoms with E-state index in [4.69, 9.17) is 4.74 Å². The molecule has 3 heterocycles. The highest BCUT2D eigenvalue weighted by Gasteiger charge is 2.35. The zero-order valence-electron chi connectivity index (χ0n) is 13.0. The summed E-state index contributed by atoms with van der Waals surface area (Å²) in [5.41, 5.74) is 0. The zero-order chi connectivity index (χ0) is 15.4. The summed E-state index contributed by atoms with van der Waals surface area (Å²) >= 11 is 3.61. The van der Waals surface area contributed by atoms with Gasteiger partial charge in [-0.1, -0.05) is 6.07 Å². The standard InChI is InChI=1S/C16H24N2O2S2/c1-21-16(6-9-20-10-7-16)12-17-15(19)18-8-2-4-13(18)14-5-3-11-22-14/h3,5,11,13H,2,4,6-10,12H2,1H3,(H,17,19)/t13-/m1/s1. The lowest BCUT2D eigenvalue weighted by atomic mass is 9.99. The van der Waals surface area contributed by atoms with Crippen molar-refractivity contribution in [3.05, 3.63) is 22.4 Å². The topological polar surface area (TPSA) is 41.6 Å². The van der Waals surface area contributed by atoms with Crippen LogP contribution in [0.1, 0.15) is 36.6 Å². The fraction of sp³-hybridized carbons (Fsp3) is 0.688. The Morgan fingerprint density at radius 1 is 1.55 bits per heavy atom. The molecule has 2 aliphatic heterocycles. The highest BCUT2D eigenvalue weighted by atomic mass is 32.2. The van der Waals surface area contributed by atoms with Gasteiger partial charge in [-0.05, 0) is 43.4 Å². The Bertz CT molecular complexity index is 486. The van der Waals surface area contributed by atoms with Crippen molar-refractivity contribution in [2.45, 2.75) is 36.5 Å². The molecule has 22 heavy (non-hydrogen) atoms. The summed E-state index contributed by atoms with van der Waals surface area (Å²) in [5.74, 6) is 0.